The zero-order chi connectivity index (χ0) is 20.6. The Kier molecular flexibility index (Phi) is 7.19. The predicted octanol–water partition coefficient (Wildman–Crippen LogP) is 1.98. The Morgan fingerprint density at radius 3 is 2.45 bits per heavy atom. The van der Waals surface area contributed by atoms with Crippen molar-refractivity contribution in [3.05, 3.63) is 59.8 Å². The molecule has 7 nitrogen and oxygen atoms in total. The first-order chi connectivity index (χ1) is 14.0. The summed E-state index contributed by atoms with van der Waals surface area (Å²) >= 11 is 0. The maximum absolute atomic E-state index is 12.5. The molecule has 0 aliphatic carbocycles. The van der Waals surface area contributed by atoms with Crippen LogP contribution in [0.4, 0.5) is 5.82 Å². The van der Waals surface area contributed by atoms with Crippen LogP contribution in [0.1, 0.15) is 29.8 Å². The summed E-state index contributed by atoms with van der Waals surface area (Å²) in [7, 11) is 0. The van der Waals surface area contributed by atoms with Crippen molar-refractivity contribution in [2.75, 3.05) is 38.0 Å². The molecule has 29 heavy (non-hydrogen) atoms. The minimum Gasteiger partial charge on any atom is -0.367 e. The van der Waals surface area contributed by atoms with Crippen molar-refractivity contribution in [1.29, 1.82) is 0 Å². The van der Waals surface area contributed by atoms with E-state index in [0.29, 0.717) is 24.5 Å². The average molecular weight is 396 g/mol. The van der Waals surface area contributed by atoms with Gasteiger partial charge in [0.1, 0.15) is 5.82 Å². The van der Waals surface area contributed by atoms with Crippen LogP contribution < -0.4 is 10.6 Å². The Labute approximate surface area is 172 Å². The van der Waals surface area contributed by atoms with Crippen molar-refractivity contribution in [2.24, 2.45) is 0 Å². The van der Waals surface area contributed by atoms with Crippen molar-refractivity contribution < 1.29 is 9.59 Å². The lowest BCUT2D eigenvalue weighted by atomic mass is 10.2. The first kappa shape index (κ1) is 20.8. The van der Waals surface area contributed by atoms with Crippen molar-refractivity contribution >= 4 is 17.6 Å². The van der Waals surface area contributed by atoms with E-state index >= 15 is 0 Å². The van der Waals surface area contributed by atoms with Gasteiger partial charge in [0, 0.05) is 45.0 Å². The summed E-state index contributed by atoms with van der Waals surface area (Å²) in [5.74, 6) is 0.180. The SMILES string of the molecule is CC(C)Nc1ncccc1C(=O)NCC(=O)N1CCN(Cc2ccccc2)CC1. The number of amides is 2. The van der Waals surface area contributed by atoms with Crippen LogP contribution in [-0.2, 0) is 11.3 Å². The number of piperazine rings is 1. The number of hydrogen-bond acceptors (Lipinski definition) is 5. The second-order valence-corrected chi connectivity index (χ2v) is 7.52. The van der Waals surface area contributed by atoms with Gasteiger partial charge in [0.25, 0.3) is 5.91 Å². The molecule has 2 amide bonds. The normalized spacial score (nSPS) is 14.7. The van der Waals surface area contributed by atoms with Crippen LogP contribution in [-0.4, -0.2) is 65.4 Å². The average Bonchev–Trinajstić information content (AvgIpc) is 2.73. The molecule has 0 saturated carbocycles. The zero-order valence-corrected chi connectivity index (χ0v) is 17.1. The fraction of sp³-hybridized carbons (Fsp3) is 0.409. The molecule has 0 bridgehead atoms. The number of aromatic nitrogens is 1. The second kappa shape index (κ2) is 10.0. The van der Waals surface area contributed by atoms with E-state index in [1.165, 1.54) is 5.56 Å². The molecule has 2 N–H and O–H groups in total. The number of rotatable bonds is 7. The molecule has 3 rings (SSSR count). The molecule has 1 aromatic carbocycles. The quantitative estimate of drug-likeness (QED) is 0.750. The van der Waals surface area contributed by atoms with Gasteiger partial charge in [0.15, 0.2) is 0 Å². The van der Waals surface area contributed by atoms with Gasteiger partial charge in [-0.05, 0) is 31.5 Å². The molecule has 7 heteroatoms. The molecule has 0 atom stereocenters. The fourth-order valence-corrected chi connectivity index (χ4v) is 3.34. The van der Waals surface area contributed by atoms with Gasteiger partial charge < -0.3 is 15.5 Å². The summed E-state index contributed by atoms with van der Waals surface area (Å²) in [6.07, 6.45) is 1.64. The van der Waals surface area contributed by atoms with Gasteiger partial charge in [-0.25, -0.2) is 4.98 Å². The lowest BCUT2D eigenvalue weighted by Crippen LogP contribution is -2.50. The number of carbonyl (C=O) groups excluding carboxylic acids is 2. The van der Waals surface area contributed by atoms with E-state index in [0.717, 1.165) is 19.6 Å². The topological polar surface area (TPSA) is 77.6 Å². The Balaban J connectivity index is 1.46. The van der Waals surface area contributed by atoms with Crippen LogP contribution in [0.3, 0.4) is 0 Å². The molecule has 154 valence electrons. The molecule has 0 spiro atoms. The van der Waals surface area contributed by atoms with Crippen LogP contribution in [0, 0.1) is 0 Å². The van der Waals surface area contributed by atoms with Gasteiger partial charge in [0.2, 0.25) is 5.91 Å². The summed E-state index contributed by atoms with van der Waals surface area (Å²) in [5, 5.41) is 5.89. The molecule has 2 aromatic rings. The number of nitrogens with one attached hydrogen (secondary N) is 2. The van der Waals surface area contributed by atoms with E-state index in [1.54, 1.807) is 18.3 Å². The zero-order valence-electron chi connectivity index (χ0n) is 17.1. The third-order valence-electron chi connectivity index (χ3n) is 4.85. The Bertz CT molecular complexity index is 817. The van der Waals surface area contributed by atoms with Crippen LogP contribution in [0.25, 0.3) is 0 Å². The van der Waals surface area contributed by atoms with Gasteiger partial charge in [0.05, 0.1) is 12.1 Å². The second-order valence-electron chi connectivity index (χ2n) is 7.52. The molecule has 1 aromatic heterocycles. The van der Waals surface area contributed by atoms with E-state index in [4.69, 9.17) is 0 Å². The number of anilines is 1. The molecule has 1 fully saturated rings. The van der Waals surface area contributed by atoms with Crippen molar-refractivity contribution in [2.45, 2.75) is 26.4 Å². The minimum atomic E-state index is -0.294. The Hall–Kier alpha value is -2.93. The van der Waals surface area contributed by atoms with Crippen LogP contribution in [0.5, 0.6) is 0 Å². The molecular formula is C22H29N5O2. The summed E-state index contributed by atoms with van der Waals surface area (Å²) in [4.78, 5) is 33.4. The number of benzene rings is 1. The van der Waals surface area contributed by atoms with E-state index in [1.807, 2.05) is 36.9 Å². The third kappa shape index (κ3) is 6.02. The highest BCUT2D eigenvalue weighted by Gasteiger charge is 2.22. The highest BCUT2D eigenvalue weighted by Crippen LogP contribution is 2.13. The lowest BCUT2D eigenvalue weighted by Gasteiger charge is -2.34. The summed E-state index contributed by atoms with van der Waals surface area (Å²) in [6, 6.07) is 13.9. The van der Waals surface area contributed by atoms with Crippen LogP contribution in [0.15, 0.2) is 48.7 Å². The number of nitrogens with zero attached hydrogens (tertiary/aromatic N) is 3. The molecule has 0 unspecified atom stereocenters. The summed E-state index contributed by atoms with van der Waals surface area (Å²) < 4.78 is 0. The molecular weight excluding hydrogens is 366 g/mol. The predicted molar refractivity (Wildman–Crippen MR) is 114 cm³/mol. The smallest absolute Gasteiger partial charge is 0.255 e. The van der Waals surface area contributed by atoms with Crippen LogP contribution in [0.2, 0.25) is 0 Å². The molecule has 1 aliphatic rings. The highest BCUT2D eigenvalue weighted by atomic mass is 16.2. The maximum atomic E-state index is 12.5. The number of pyridine rings is 1. The van der Waals surface area contributed by atoms with E-state index in [-0.39, 0.29) is 24.4 Å². The van der Waals surface area contributed by atoms with Gasteiger partial charge in [-0.1, -0.05) is 30.3 Å². The van der Waals surface area contributed by atoms with Gasteiger partial charge in [-0.3, -0.25) is 14.5 Å². The standard InChI is InChI=1S/C22H29N5O2/c1-17(2)25-21-19(9-6-10-23-21)22(29)24-15-20(28)27-13-11-26(12-14-27)16-18-7-4-3-5-8-18/h3-10,17H,11-16H2,1-2H3,(H,23,25)(H,24,29). The highest BCUT2D eigenvalue weighted by molar-refractivity contribution is 6.00. The van der Waals surface area contributed by atoms with Gasteiger partial charge in [-0.15, -0.1) is 0 Å². The Morgan fingerprint density at radius 2 is 1.76 bits per heavy atom. The summed E-state index contributed by atoms with van der Waals surface area (Å²) in [5.41, 5.74) is 1.73. The number of carbonyl (C=O) groups is 2. The van der Waals surface area contributed by atoms with E-state index in [9.17, 15) is 9.59 Å². The van der Waals surface area contributed by atoms with E-state index in [2.05, 4.69) is 32.7 Å². The molecule has 2 heterocycles. The minimum absolute atomic E-state index is 0.00642. The lowest BCUT2D eigenvalue weighted by molar-refractivity contribution is -0.131. The fourth-order valence-electron chi connectivity index (χ4n) is 3.34. The van der Waals surface area contributed by atoms with Crippen molar-refractivity contribution in [1.82, 2.24) is 20.1 Å². The van der Waals surface area contributed by atoms with Crippen LogP contribution >= 0.6 is 0 Å². The van der Waals surface area contributed by atoms with Gasteiger partial charge >= 0.3 is 0 Å². The van der Waals surface area contributed by atoms with Crippen molar-refractivity contribution in [3.8, 4) is 0 Å². The third-order valence-corrected chi connectivity index (χ3v) is 4.85. The monoisotopic (exact) mass is 395 g/mol. The van der Waals surface area contributed by atoms with Gasteiger partial charge in [-0.2, -0.15) is 0 Å². The molecule has 1 aliphatic heterocycles. The molecule has 1 saturated heterocycles. The van der Waals surface area contributed by atoms with E-state index < -0.39 is 0 Å². The Morgan fingerprint density at radius 1 is 1.03 bits per heavy atom. The largest absolute Gasteiger partial charge is 0.367 e. The molecule has 0 radical (unpaired) electrons. The summed E-state index contributed by atoms with van der Waals surface area (Å²) in [6.45, 7) is 7.87. The first-order valence-corrected chi connectivity index (χ1v) is 10.1. The number of hydrogen-bond donors (Lipinski definition) is 2. The maximum Gasteiger partial charge on any atom is 0.255 e. The van der Waals surface area contributed by atoms with Crippen molar-refractivity contribution in [3.63, 3.8) is 0 Å². The first-order valence-electron chi connectivity index (χ1n) is 10.1.